The monoisotopic (exact) mass is 277 g/mol. The van der Waals surface area contributed by atoms with Gasteiger partial charge < -0.3 is 16.0 Å². The van der Waals surface area contributed by atoms with Crippen LogP contribution < -0.4 is 11.1 Å². The number of anilines is 1. The van der Waals surface area contributed by atoms with E-state index in [1.165, 1.54) is 18.6 Å². The maximum Gasteiger partial charge on any atom is 0.243 e. The molecular formula is C15H20FN3O. The highest BCUT2D eigenvalue weighted by molar-refractivity contribution is 5.88. The first-order chi connectivity index (χ1) is 9.59. The lowest BCUT2D eigenvalue weighted by Crippen LogP contribution is -2.59. The second-order valence-corrected chi connectivity index (χ2v) is 5.87. The van der Waals surface area contributed by atoms with Crippen LogP contribution >= 0.6 is 0 Å². The van der Waals surface area contributed by atoms with Crippen LogP contribution in [0.4, 0.5) is 10.1 Å². The van der Waals surface area contributed by atoms with E-state index in [0.29, 0.717) is 24.6 Å². The summed E-state index contributed by atoms with van der Waals surface area (Å²) >= 11 is 0. The molecular weight excluding hydrogens is 257 g/mol. The van der Waals surface area contributed by atoms with E-state index < -0.39 is 5.54 Å². The van der Waals surface area contributed by atoms with Crippen LogP contribution in [0.25, 0.3) is 0 Å². The molecule has 0 spiro atoms. The molecule has 1 aromatic carbocycles. The second-order valence-electron chi connectivity index (χ2n) is 5.87. The standard InChI is InChI=1S/C15H20FN3O/c16-11-3-1-4-12(9-11)18-15(14(17)20)6-8-19-7-2-5-13(19)10-15/h1,3-4,9,13,18H,2,5-8,10H2,(H2,17,20). The number of rotatable bonds is 3. The quantitative estimate of drug-likeness (QED) is 0.884. The van der Waals surface area contributed by atoms with Crippen LogP contribution in [0.3, 0.4) is 0 Å². The Morgan fingerprint density at radius 3 is 3.05 bits per heavy atom. The lowest BCUT2D eigenvalue weighted by atomic mass is 9.82. The molecule has 2 atom stereocenters. The third kappa shape index (κ3) is 2.38. The van der Waals surface area contributed by atoms with E-state index in [-0.39, 0.29) is 11.7 Å². The van der Waals surface area contributed by atoms with Gasteiger partial charge in [-0.3, -0.25) is 4.79 Å². The molecule has 0 radical (unpaired) electrons. The van der Waals surface area contributed by atoms with Crippen molar-refractivity contribution >= 4 is 11.6 Å². The molecule has 2 heterocycles. The van der Waals surface area contributed by atoms with Gasteiger partial charge in [0, 0.05) is 18.3 Å². The number of carbonyl (C=O) groups is 1. The number of piperidine rings is 1. The number of benzene rings is 1. The van der Waals surface area contributed by atoms with Crippen molar-refractivity contribution in [2.24, 2.45) is 5.73 Å². The lowest BCUT2D eigenvalue weighted by molar-refractivity contribution is -0.124. The smallest absolute Gasteiger partial charge is 0.243 e. The van der Waals surface area contributed by atoms with Crippen molar-refractivity contribution in [1.82, 2.24) is 4.90 Å². The zero-order valence-electron chi connectivity index (χ0n) is 11.4. The number of hydrogen-bond donors (Lipinski definition) is 2. The molecule has 4 nitrogen and oxygen atoms in total. The first kappa shape index (κ1) is 13.4. The van der Waals surface area contributed by atoms with Gasteiger partial charge in [0.05, 0.1) is 0 Å². The summed E-state index contributed by atoms with van der Waals surface area (Å²) in [4.78, 5) is 14.4. The van der Waals surface area contributed by atoms with Crippen molar-refractivity contribution < 1.29 is 9.18 Å². The van der Waals surface area contributed by atoms with E-state index in [0.717, 1.165) is 19.5 Å². The number of primary amides is 1. The van der Waals surface area contributed by atoms with E-state index in [9.17, 15) is 9.18 Å². The van der Waals surface area contributed by atoms with Crippen LogP contribution in [0.5, 0.6) is 0 Å². The van der Waals surface area contributed by atoms with Crippen molar-refractivity contribution in [3.8, 4) is 0 Å². The summed E-state index contributed by atoms with van der Waals surface area (Å²) in [5.74, 6) is -0.652. The fourth-order valence-electron chi connectivity index (χ4n) is 3.50. The van der Waals surface area contributed by atoms with Gasteiger partial charge >= 0.3 is 0 Å². The lowest BCUT2D eigenvalue weighted by Gasteiger charge is -2.43. The van der Waals surface area contributed by atoms with Crippen molar-refractivity contribution in [2.75, 3.05) is 18.4 Å². The molecule has 20 heavy (non-hydrogen) atoms. The second kappa shape index (κ2) is 5.05. The van der Waals surface area contributed by atoms with Crippen LogP contribution in [-0.4, -0.2) is 35.5 Å². The zero-order chi connectivity index (χ0) is 14.2. The average molecular weight is 277 g/mol. The molecule has 0 saturated carbocycles. The maximum atomic E-state index is 13.3. The van der Waals surface area contributed by atoms with Gasteiger partial charge in [0.2, 0.25) is 5.91 Å². The molecule has 2 saturated heterocycles. The number of nitrogens with zero attached hydrogens (tertiary/aromatic N) is 1. The van der Waals surface area contributed by atoms with E-state index in [2.05, 4.69) is 10.2 Å². The Labute approximate surface area is 118 Å². The fraction of sp³-hybridized carbons (Fsp3) is 0.533. The summed E-state index contributed by atoms with van der Waals surface area (Å²) in [7, 11) is 0. The average Bonchev–Trinajstić information content (AvgIpc) is 2.85. The Kier molecular flexibility index (Phi) is 3.38. The molecule has 1 amide bonds. The van der Waals surface area contributed by atoms with Gasteiger partial charge in [-0.25, -0.2) is 4.39 Å². The number of amides is 1. The fourth-order valence-corrected chi connectivity index (χ4v) is 3.50. The van der Waals surface area contributed by atoms with Crippen molar-refractivity contribution in [1.29, 1.82) is 0 Å². The zero-order valence-corrected chi connectivity index (χ0v) is 11.4. The van der Waals surface area contributed by atoms with Gasteiger partial charge in [-0.2, -0.15) is 0 Å². The summed E-state index contributed by atoms with van der Waals surface area (Å²) in [6, 6.07) is 6.62. The Morgan fingerprint density at radius 1 is 1.45 bits per heavy atom. The largest absolute Gasteiger partial charge is 0.371 e. The number of nitrogens with one attached hydrogen (secondary N) is 1. The first-order valence-corrected chi connectivity index (χ1v) is 7.17. The van der Waals surface area contributed by atoms with Crippen LogP contribution in [0.1, 0.15) is 25.7 Å². The molecule has 3 rings (SSSR count). The number of halogens is 1. The highest BCUT2D eigenvalue weighted by Crippen LogP contribution is 2.35. The summed E-state index contributed by atoms with van der Waals surface area (Å²) in [5, 5.41) is 3.21. The third-order valence-corrected chi connectivity index (χ3v) is 4.59. The molecule has 5 heteroatoms. The van der Waals surface area contributed by atoms with E-state index >= 15 is 0 Å². The van der Waals surface area contributed by atoms with Gasteiger partial charge in [-0.1, -0.05) is 6.07 Å². The Balaban J connectivity index is 1.83. The third-order valence-electron chi connectivity index (χ3n) is 4.59. The number of fused-ring (bicyclic) bond motifs is 1. The van der Waals surface area contributed by atoms with Crippen LogP contribution in [0.15, 0.2) is 24.3 Å². The summed E-state index contributed by atoms with van der Waals surface area (Å²) in [6.07, 6.45) is 3.67. The predicted octanol–water partition coefficient (Wildman–Crippen LogP) is 1.72. The van der Waals surface area contributed by atoms with Crippen LogP contribution in [0, 0.1) is 5.82 Å². The minimum atomic E-state index is -0.751. The maximum absolute atomic E-state index is 13.3. The molecule has 1 aromatic rings. The number of hydrogen-bond acceptors (Lipinski definition) is 3. The molecule has 0 aliphatic carbocycles. The minimum Gasteiger partial charge on any atom is -0.371 e. The first-order valence-electron chi connectivity index (χ1n) is 7.17. The molecule has 2 fully saturated rings. The summed E-state index contributed by atoms with van der Waals surface area (Å²) in [6.45, 7) is 1.98. The summed E-state index contributed by atoms with van der Waals surface area (Å²) < 4.78 is 13.3. The van der Waals surface area contributed by atoms with Crippen LogP contribution in [0.2, 0.25) is 0 Å². The van der Waals surface area contributed by atoms with Crippen LogP contribution in [-0.2, 0) is 4.79 Å². The molecule has 0 bridgehead atoms. The Hall–Kier alpha value is -1.62. The van der Waals surface area contributed by atoms with Gasteiger partial charge in [-0.05, 0) is 50.4 Å². The van der Waals surface area contributed by atoms with E-state index in [1.54, 1.807) is 12.1 Å². The van der Waals surface area contributed by atoms with Gasteiger partial charge in [0.1, 0.15) is 11.4 Å². The van der Waals surface area contributed by atoms with Crippen molar-refractivity contribution in [3.05, 3.63) is 30.1 Å². The minimum absolute atomic E-state index is 0.312. The number of carbonyl (C=O) groups excluding carboxylic acids is 1. The van der Waals surface area contributed by atoms with Crippen molar-refractivity contribution in [3.63, 3.8) is 0 Å². The molecule has 2 aliphatic heterocycles. The van der Waals surface area contributed by atoms with Gasteiger partial charge in [-0.15, -0.1) is 0 Å². The van der Waals surface area contributed by atoms with Gasteiger partial charge in [0.25, 0.3) is 0 Å². The molecule has 2 aliphatic rings. The normalized spacial score (nSPS) is 29.9. The molecule has 108 valence electrons. The Bertz CT molecular complexity index is 522. The van der Waals surface area contributed by atoms with Crippen molar-refractivity contribution in [2.45, 2.75) is 37.3 Å². The topological polar surface area (TPSA) is 58.4 Å². The highest BCUT2D eigenvalue weighted by Gasteiger charge is 2.45. The highest BCUT2D eigenvalue weighted by atomic mass is 19.1. The van der Waals surface area contributed by atoms with E-state index in [4.69, 9.17) is 5.73 Å². The molecule has 3 N–H and O–H groups in total. The molecule has 0 aromatic heterocycles. The molecule has 2 unspecified atom stereocenters. The Morgan fingerprint density at radius 2 is 2.30 bits per heavy atom. The number of nitrogens with two attached hydrogens (primary N) is 1. The SMILES string of the molecule is NC(=O)C1(Nc2cccc(F)c2)CCN2CCCC2C1. The summed E-state index contributed by atoms with van der Waals surface area (Å²) in [5.41, 5.74) is 5.53. The van der Waals surface area contributed by atoms with E-state index in [1.807, 2.05) is 0 Å². The predicted molar refractivity (Wildman–Crippen MR) is 75.8 cm³/mol. The van der Waals surface area contributed by atoms with Gasteiger partial charge in [0.15, 0.2) is 0 Å².